The third-order valence-electron chi connectivity index (χ3n) is 5.77. The summed E-state index contributed by atoms with van der Waals surface area (Å²) in [4.78, 5) is 15.7. The number of hydrogen-bond acceptors (Lipinski definition) is 3. The fourth-order valence-electron chi connectivity index (χ4n) is 4.39. The average Bonchev–Trinajstić information content (AvgIpc) is 3.34. The standard InChI is InChI=1S/C25H21FN4O2/c1-13(2)24-23(18-8-9-20(25(31)32)28-14(18)3)19-11-21-15(12-27-29-21)10-22(19)30(24)17-6-4-16(26)5-7-17/h4-13H,1-3H3,(H,27,29)(H,31,32). The number of nitrogens with zero attached hydrogens (tertiary/aromatic N) is 3. The summed E-state index contributed by atoms with van der Waals surface area (Å²) >= 11 is 0. The SMILES string of the molecule is Cc1nc(C(=O)O)ccc1-c1c(C(C)C)n(-c2ccc(F)cc2)c2cc3cn[nH]c3cc12. The summed E-state index contributed by atoms with van der Waals surface area (Å²) in [6.07, 6.45) is 1.78. The summed E-state index contributed by atoms with van der Waals surface area (Å²) < 4.78 is 15.8. The molecule has 2 N–H and O–H groups in total. The number of aromatic amines is 1. The van der Waals surface area contributed by atoms with Crippen LogP contribution in [0.25, 0.3) is 38.6 Å². The van der Waals surface area contributed by atoms with Crippen LogP contribution in [0.2, 0.25) is 0 Å². The van der Waals surface area contributed by atoms with Crippen LogP contribution in [0.5, 0.6) is 0 Å². The number of carboxylic acids is 1. The predicted molar refractivity (Wildman–Crippen MR) is 122 cm³/mol. The molecule has 0 unspecified atom stereocenters. The van der Waals surface area contributed by atoms with Crippen molar-refractivity contribution in [1.82, 2.24) is 19.7 Å². The number of hydrogen-bond donors (Lipinski definition) is 2. The Morgan fingerprint density at radius 3 is 2.53 bits per heavy atom. The minimum Gasteiger partial charge on any atom is -0.477 e. The molecule has 7 heteroatoms. The van der Waals surface area contributed by atoms with Gasteiger partial charge in [-0.3, -0.25) is 5.10 Å². The van der Waals surface area contributed by atoms with E-state index in [4.69, 9.17) is 0 Å². The molecule has 0 saturated heterocycles. The fourth-order valence-corrected chi connectivity index (χ4v) is 4.39. The van der Waals surface area contributed by atoms with E-state index in [0.29, 0.717) is 5.69 Å². The zero-order valence-electron chi connectivity index (χ0n) is 17.8. The number of aromatic carboxylic acids is 1. The van der Waals surface area contributed by atoms with Gasteiger partial charge in [-0.2, -0.15) is 5.10 Å². The Balaban J connectivity index is 1.93. The van der Waals surface area contributed by atoms with Crippen molar-refractivity contribution in [2.75, 3.05) is 0 Å². The lowest BCUT2D eigenvalue weighted by Gasteiger charge is -2.16. The molecule has 32 heavy (non-hydrogen) atoms. The molecule has 0 saturated carbocycles. The van der Waals surface area contributed by atoms with Gasteiger partial charge in [0.1, 0.15) is 11.5 Å². The van der Waals surface area contributed by atoms with Gasteiger partial charge < -0.3 is 9.67 Å². The molecule has 5 rings (SSSR count). The van der Waals surface area contributed by atoms with E-state index in [0.717, 1.165) is 44.3 Å². The first kappa shape index (κ1) is 19.9. The largest absolute Gasteiger partial charge is 0.477 e. The average molecular weight is 428 g/mol. The first-order chi connectivity index (χ1) is 15.3. The smallest absolute Gasteiger partial charge is 0.354 e. The molecule has 0 amide bonds. The molecule has 5 aromatic rings. The number of aryl methyl sites for hydroxylation is 1. The Labute approximate surface area is 183 Å². The van der Waals surface area contributed by atoms with Gasteiger partial charge >= 0.3 is 5.97 Å². The molecule has 0 atom stereocenters. The van der Waals surface area contributed by atoms with Crippen LogP contribution in [-0.4, -0.2) is 30.8 Å². The molecule has 3 heterocycles. The summed E-state index contributed by atoms with van der Waals surface area (Å²) in [7, 11) is 0. The topological polar surface area (TPSA) is 83.8 Å². The van der Waals surface area contributed by atoms with E-state index in [1.807, 2.05) is 13.0 Å². The molecule has 0 bridgehead atoms. The van der Waals surface area contributed by atoms with Crippen LogP contribution >= 0.6 is 0 Å². The van der Waals surface area contributed by atoms with Crippen LogP contribution in [0.4, 0.5) is 4.39 Å². The zero-order chi connectivity index (χ0) is 22.6. The maximum atomic E-state index is 13.7. The van der Waals surface area contributed by atoms with Gasteiger partial charge in [0, 0.05) is 39.0 Å². The van der Waals surface area contributed by atoms with Crippen LogP contribution in [0, 0.1) is 12.7 Å². The quantitative estimate of drug-likeness (QED) is 0.377. The first-order valence-corrected chi connectivity index (χ1v) is 10.3. The molecule has 2 aromatic carbocycles. The van der Waals surface area contributed by atoms with Crippen molar-refractivity contribution in [3.63, 3.8) is 0 Å². The third kappa shape index (κ3) is 3.05. The second-order valence-corrected chi connectivity index (χ2v) is 8.19. The van der Waals surface area contributed by atoms with E-state index in [2.05, 4.69) is 45.7 Å². The number of carboxylic acid groups (broad SMARTS) is 1. The molecule has 3 aromatic heterocycles. The Bertz CT molecular complexity index is 1500. The Morgan fingerprint density at radius 1 is 1.12 bits per heavy atom. The number of halogens is 1. The maximum Gasteiger partial charge on any atom is 0.354 e. The molecule has 0 radical (unpaired) electrons. The normalized spacial score (nSPS) is 11.7. The molecule has 0 aliphatic carbocycles. The summed E-state index contributed by atoms with van der Waals surface area (Å²) in [5.41, 5.74) is 6.25. The van der Waals surface area contributed by atoms with E-state index in [-0.39, 0.29) is 17.4 Å². The first-order valence-electron chi connectivity index (χ1n) is 10.3. The molecular weight excluding hydrogens is 407 g/mol. The molecule has 0 fully saturated rings. The molecule has 160 valence electrons. The van der Waals surface area contributed by atoms with E-state index < -0.39 is 5.97 Å². The van der Waals surface area contributed by atoms with Crippen LogP contribution < -0.4 is 0 Å². The second-order valence-electron chi connectivity index (χ2n) is 8.19. The van der Waals surface area contributed by atoms with Gasteiger partial charge in [-0.25, -0.2) is 14.2 Å². The predicted octanol–water partition coefficient (Wildman–Crippen LogP) is 5.84. The van der Waals surface area contributed by atoms with E-state index >= 15 is 0 Å². The maximum absolute atomic E-state index is 13.7. The molecule has 0 aliphatic heterocycles. The van der Waals surface area contributed by atoms with Crippen molar-refractivity contribution >= 4 is 27.8 Å². The van der Waals surface area contributed by atoms with Gasteiger partial charge in [0.2, 0.25) is 0 Å². The van der Waals surface area contributed by atoms with Gasteiger partial charge in [-0.05, 0) is 55.3 Å². The highest BCUT2D eigenvalue weighted by molar-refractivity contribution is 6.06. The van der Waals surface area contributed by atoms with E-state index in [9.17, 15) is 14.3 Å². The Hall–Kier alpha value is -4.00. The van der Waals surface area contributed by atoms with Crippen LogP contribution in [0.1, 0.15) is 41.6 Å². The number of benzene rings is 2. The van der Waals surface area contributed by atoms with Crippen LogP contribution in [-0.2, 0) is 0 Å². The highest BCUT2D eigenvalue weighted by Gasteiger charge is 2.24. The van der Waals surface area contributed by atoms with Crippen LogP contribution in [0.15, 0.2) is 54.7 Å². The van der Waals surface area contributed by atoms with Crippen molar-refractivity contribution in [2.24, 2.45) is 0 Å². The second kappa shape index (κ2) is 7.30. The Morgan fingerprint density at radius 2 is 1.88 bits per heavy atom. The van der Waals surface area contributed by atoms with Gasteiger partial charge in [0.05, 0.1) is 17.2 Å². The summed E-state index contributed by atoms with van der Waals surface area (Å²) in [6, 6.07) is 13.9. The number of carbonyl (C=O) groups is 1. The van der Waals surface area contributed by atoms with E-state index in [1.165, 1.54) is 18.2 Å². The Kier molecular flexibility index (Phi) is 4.55. The monoisotopic (exact) mass is 428 g/mol. The van der Waals surface area contributed by atoms with Crippen LogP contribution in [0.3, 0.4) is 0 Å². The van der Waals surface area contributed by atoms with Gasteiger partial charge in [-0.1, -0.05) is 19.9 Å². The number of nitrogens with one attached hydrogen (secondary N) is 1. The lowest BCUT2D eigenvalue weighted by Crippen LogP contribution is -2.05. The highest BCUT2D eigenvalue weighted by Crippen LogP contribution is 2.42. The number of H-pyrrole nitrogens is 1. The summed E-state index contributed by atoms with van der Waals surface area (Å²) in [5.74, 6) is -1.23. The van der Waals surface area contributed by atoms with Gasteiger partial charge in [0.25, 0.3) is 0 Å². The van der Waals surface area contributed by atoms with Crippen molar-refractivity contribution in [1.29, 1.82) is 0 Å². The summed E-state index contributed by atoms with van der Waals surface area (Å²) in [5, 5.41) is 18.5. The third-order valence-corrected chi connectivity index (χ3v) is 5.77. The van der Waals surface area contributed by atoms with Gasteiger partial charge in [0.15, 0.2) is 0 Å². The minimum atomic E-state index is -1.06. The molecular formula is C25H21FN4O2. The van der Waals surface area contributed by atoms with E-state index in [1.54, 1.807) is 18.3 Å². The highest BCUT2D eigenvalue weighted by atomic mass is 19.1. The van der Waals surface area contributed by atoms with Gasteiger partial charge in [-0.15, -0.1) is 0 Å². The number of pyridine rings is 1. The fraction of sp³-hybridized carbons (Fsp3) is 0.160. The molecule has 6 nitrogen and oxygen atoms in total. The number of fused-ring (bicyclic) bond motifs is 2. The minimum absolute atomic E-state index is 0.00979. The number of rotatable bonds is 4. The number of aromatic nitrogens is 4. The summed E-state index contributed by atoms with van der Waals surface area (Å²) in [6.45, 7) is 6.04. The lowest BCUT2D eigenvalue weighted by molar-refractivity contribution is 0.0690. The van der Waals surface area contributed by atoms with Crippen molar-refractivity contribution < 1.29 is 14.3 Å². The molecule has 0 aliphatic rings. The lowest BCUT2D eigenvalue weighted by atomic mass is 9.95. The molecule has 0 spiro atoms. The zero-order valence-corrected chi connectivity index (χ0v) is 17.8. The van der Waals surface area contributed by atoms with Crippen molar-refractivity contribution in [3.8, 4) is 16.8 Å². The van der Waals surface area contributed by atoms with Crippen molar-refractivity contribution in [2.45, 2.75) is 26.7 Å². The van der Waals surface area contributed by atoms with Crippen molar-refractivity contribution in [3.05, 3.63) is 77.6 Å².